The molecule has 0 atom stereocenters. The molecule has 0 saturated carbocycles. The minimum Gasteiger partial charge on any atom is -0.497 e. The Morgan fingerprint density at radius 2 is 1.73 bits per heavy atom. The number of amides is 1. The van der Waals surface area contributed by atoms with E-state index in [1.807, 2.05) is 38.1 Å². The number of carbonyl (C=O) groups is 2. The number of nitrogens with one attached hydrogen (secondary N) is 1. The topological polar surface area (TPSA) is 75.6 Å². The SMILES string of the molecule is COc1ccc(CC(C)(C)NC(=O)CCCCC(=O)O)cc1. The van der Waals surface area contributed by atoms with Gasteiger partial charge in [0, 0.05) is 18.4 Å². The van der Waals surface area contributed by atoms with Crippen LogP contribution in [0.5, 0.6) is 5.75 Å². The lowest BCUT2D eigenvalue weighted by Crippen LogP contribution is -2.45. The first-order valence-corrected chi connectivity index (χ1v) is 7.48. The van der Waals surface area contributed by atoms with Gasteiger partial charge in [-0.15, -0.1) is 0 Å². The van der Waals surface area contributed by atoms with E-state index in [1.54, 1.807) is 7.11 Å². The summed E-state index contributed by atoms with van der Waals surface area (Å²) in [7, 11) is 1.63. The molecule has 0 aliphatic heterocycles. The first-order valence-electron chi connectivity index (χ1n) is 7.48. The van der Waals surface area contributed by atoms with Gasteiger partial charge in [0.15, 0.2) is 0 Å². The van der Waals surface area contributed by atoms with Crippen LogP contribution in [0.15, 0.2) is 24.3 Å². The highest BCUT2D eigenvalue weighted by molar-refractivity contribution is 5.76. The Labute approximate surface area is 131 Å². The highest BCUT2D eigenvalue weighted by atomic mass is 16.5. The molecule has 122 valence electrons. The summed E-state index contributed by atoms with van der Waals surface area (Å²) in [6.45, 7) is 3.96. The number of hydrogen-bond donors (Lipinski definition) is 2. The number of benzene rings is 1. The fraction of sp³-hybridized carbons (Fsp3) is 0.529. The molecule has 0 aliphatic carbocycles. The molecule has 0 unspecified atom stereocenters. The Hall–Kier alpha value is -2.04. The number of ether oxygens (including phenoxy) is 1. The van der Waals surface area contributed by atoms with E-state index in [-0.39, 0.29) is 17.9 Å². The molecule has 0 heterocycles. The van der Waals surface area contributed by atoms with Crippen LogP contribution in [0.1, 0.15) is 45.1 Å². The van der Waals surface area contributed by atoms with Crippen LogP contribution in [-0.2, 0) is 16.0 Å². The molecule has 0 aromatic heterocycles. The summed E-state index contributed by atoms with van der Waals surface area (Å²) in [5.41, 5.74) is 0.773. The minimum atomic E-state index is -0.819. The van der Waals surface area contributed by atoms with Gasteiger partial charge in [-0.1, -0.05) is 12.1 Å². The normalized spacial score (nSPS) is 11.0. The first kappa shape index (κ1) is 18.0. The van der Waals surface area contributed by atoms with Crippen molar-refractivity contribution in [3.8, 4) is 5.75 Å². The van der Waals surface area contributed by atoms with Gasteiger partial charge in [0.1, 0.15) is 5.75 Å². The molecule has 1 aromatic carbocycles. The van der Waals surface area contributed by atoms with Crippen molar-refractivity contribution >= 4 is 11.9 Å². The zero-order valence-corrected chi connectivity index (χ0v) is 13.5. The number of carboxylic acids is 1. The number of aliphatic carboxylic acids is 1. The van der Waals surface area contributed by atoms with Crippen LogP contribution in [0.3, 0.4) is 0 Å². The Balaban J connectivity index is 2.41. The van der Waals surface area contributed by atoms with Gasteiger partial charge in [0.2, 0.25) is 5.91 Å². The van der Waals surface area contributed by atoms with Crippen molar-refractivity contribution in [2.24, 2.45) is 0 Å². The smallest absolute Gasteiger partial charge is 0.303 e. The van der Waals surface area contributed by atoms with Crippen molar-refractivity contribution in [2.75, 3.05) is 7.11 Å². The van der Waals surface area contributed by atoms with E-state index < -0.39 is 5.97 Å². The van der Waals surface area contributed by atoms with Crippen LogP contribution < -0.4 is 10.1 Å². The van der Waals surface area contributed by atoms with E-state index >= 15 is 0 Å². The summed E-state index contributed by atoms with van der Waals surface area (Å²) in [5, 5.41) is 11.6. The number of hydrogen-bond acceptors (Lipinski definition) is 3. The van der Waals surface area contributed by atoms with Crippen molar-refractivity contribution in [3.63, 3.8) is 0 Å². The Kier molecular flexibility index (Phi) is 6.89. The molecule has 0 bridgehead atoms. The fourth-order valence-electron chi connectivity index (χ4n) is 2.30. The molecule has 5 heteroatoms. The molecule has 0 saturated heterocycles. The molecule has 5 nitrogen and oxygen atoms in total. The van der Waals surface area contributed by atoms with E-state index in [9.17, 15) is 9.59 Å². The molecular formula is C17H25NO4. The number of carbonyl (C=O) groups excluding carboxylic acids is 1. The molecule has 1 amide bonds. The monoisotopic (exact) mass is 307 g/mol. The predicted octanol–water partition coefficient (Wildman–Crippen LogP) is 2.78. The second-order valence-electron chi connectivity index (χ2n) is 6.06. The summed E-state index contributed by atoms with van der Waals surface area (Å²) in [5.74, 6) is -0.0480. The van der Waals surface area contributed by atoms with Crippen LogP contribution in [0.4, 0.5) is 0 Å². The second kappa shape index (κ2) is 8.41. The van der Waals surface area contributed by atoms with Crippen molar-refractivity contribution in [1.82, 2.24) is 5.32 Å². The van der Waals surface area contributed by atoms with Crippen LogP contribution in [0.2, 0.25) is 0 Å². The zero-order valence-electron chi connectivity index (χ0n) is 13.5. The number of rotatable bonds is 9. The third-order valence-electron chi connectivity index (χ3n) is 3.33. The van der Waals surface area contributed by atoms with Gasteiger partial charge in [-0.25, -0.2) is 0 Å². The molecule has 2 N–H and O–H groups in total. The fourth-order valence-corrected chi connectivity index (χ4v) is 2.30. The maximum Gasteiger partial charge on any atom is 0.303 e. The van der Waals surface area contributed by atoms with Crippen LogP contribution in [-0.4, -0.2) is 29.6 Å². The standard InChI is InChI=1S/C17H25NO4/c1-17(2,12-13-8-10-14(22-3)11-9-13)18-15(19)6-4-5-7-16(20)21/h8-11H,4-7,12H2,1-3H3,(H,18,19)(H,20,21). The van der Waals surface area contributed by atoms with Gasteiger partial charge in [0.05, 0.1) is 7.11 Å². The van der Waals surface area contributed by atoms with Gasteiger partial charge >= 0.3 is 5.97 Å². The predicted molar refractivity (Wildman–Crippen MR) is 85.0 cm³/mol. The van der Waals surface area contributed by atoms with Crippen molar-refractivity contribution < 1.29 is 19.4 Å². The van der Waals surface area contributed by atoms with Crippen LogP contribution >= 0.6 is 0 Å². The molecule has 22 heavy (non-hydrogen) atoms. The Morgan fingerprint density at radius 3 is 2.27 bits per heavy atom. The average Bonchev–Trinajstić information content (AvgIpc) is 2.43. The third-order valence-corrected chi connectivity index (χ3v) is 3.33. The molecule has 0 spiro atoms. The first-order chi connectivity index (χ1) is 10.3. The van der Waals surface area contributed by atoms with E-state index in [2.05, 4.69) is 5.32 Å². The highest BCUT2D eigenvalue weighted by Crippen LogP contribution is 2.17. The van der Waals surface area contributed by atoms with E-state index in [1.165, 1.54) is 0 Å². The van der Waals surface area contributed by atoms with Gasteiger partial charge < -0.3 is 15.2 Å². The Morgan fingerprint density at radius 1 is 1.14 bits per heavy atom. The van der Waals surface area contributed by atoms with Gasteiger partial charge in [0.25, 0.3) is 0 Å². The minimum absolute atomic E-state index is 0.0381. The maximum absolute atomic E-state index is 11.9. The number of carboxylic acid groups (broad SMARTS) is 1. The summed E-state index contributed by atoms with van der Waals surface area (Å²) in [6, 6.07) is 7.78. The maximum atomic E-state index is 11.9. The second-order valence-corrected chi connectivity index (χ2v) is 6.06. The lowest BCUT2D eigenvalue weighted by Gasteiger charge is -2.26. The summed E-state index contributed by atoms with van der Waals surface area (Å²) < 4.78 is 5.12. The van der Waals surface area contributed by atoms with Crippen LogP contribution in [0, 0.1) is 0 Å². The molecule has 0 aliphatic rings. The van der Waals surface area contributed by atoms with Crippen molar-refractivity contribution in [1.29, 1.82) is 0 Å². The van der Waals surface area contributed by atoms with E-state index in [4.69, 9.17) is 9.84 Å². The lowest BCUT2D eigenvalue weighted by atomic mass is 9.94. The van der Waals surface area contributed by atoms with Gasteiger partial charge in [-0.3, -0.25) is 9.59 Å². The highest BCUT2D eigenvalue weighted by Gasteiger charge is 2.20. The Bertz CT molecular complexity index is 494. The molecule has 1 rings (SSSR count). The molecule has 0 radical (unpaired) electrons. The molecular weight excluding hydrogens is 282 g/mol. The summed E-state index contributed by atoms with van der Waals surface area (Å²) >= 11 is 0. The quantitative estimate of drug-likeness (QED) is 0.688. The average molecular weight is 307 g/mol. The lowest BCUT2D eigenvalue weighted by molar-refractivity contribution is -0.137. The van der Waals surface area contributed by atoms with Gasteiger partial charge in [-0.2, -0.15) is 0 Å². The van der Waals surface area contributed by atoms with Crippen molar-refractivity contribution in [2.45, 2.75) is 51.5 Å². The van der Waals surface area contributed by atoms with Gasteiger partial charge in [-0.05, 0) is 50.8 Å². The van der Waals surface area contributed by atoms with E-state index in [0.717, 1.165) is 17.7 Å². The summed E-state index contributed by atoms with van der Waals surface area (Å²) in [4.78, 5) is 22.3. The number of unbranched alkanes of at least 4 members (excludes halogenated alkanes) is 1. The largest absolute Gasteiger partial charge is 0.497 e. The number of methoxy groups -OCH3 is 1. The van der Waals surface area contributed by atoms with E-state index in [0.29, 0.717) is 19.3 Å². The third kappa shape index (κ3) is 7.11. The van der Waals surface area contributed by atoms with Crippen molar-refractivity contribution in [3.05, 3.63) is 29.8 Å². The summed E-state index contributed by atoms with van der Waals surface area (Å²) in [6.07, 6.45) is 2.32. The van der Waals surface area contributed by atoms with Crippen LogP contribution in [0.25, 0.3) is 0 Å². The molecule has 1 aromatic rings. The molecule has 0 fully saturated rings. The zero-order chi connectivity index (χ0) is 16.6.